The monoisotopic (exact) mass is 686 g/mol. The van der Waals surface area contributed by atoms with Crippen LogP contribution in [0, 0.1) is 5.92 Å². The lowest BCUT2D eigenvalue weighted by molar-refractivity contribution is -0.135. The molecule has 1 aliphatic rings. The first-order valence-electron chi connectivity index (χ1n) is 15.8. The molecule has 4 amide bonds. The zero-order chi connectivity index (χ0) is 34.1. The summed E-state index contributed by atoms with van der Waals surface area (Å²) in [5.74, 6) is -3.31. The van der Waals surface area contributed by atoms with E-state index in [0.29, 0.717) is 17.1 Å². The topological polar surface area (TPSA) is 173 Å². The Morgan fingerprint density at radius 1 is 1.11 bits per heavy atom. The number of ether oxygens (including phenoxy) is 1. The van der Waals surface area contributed by atoms with Crippen LogP contribution in [0.25, 0.3) is 0 Å². The van der Waals surface area contributed by atoms with Gasteiger partial charge in [0.2, 0.25) is 11.8 Å². The Morgan fingerprint density at radius 2 is 1.78 bits per heavy atom. The third-order valence-corrected chi connectivity index (χ3v) is 9.89. The Kier molecular flexibility index (Phi) is 17.5. The molecule has 46 heavy (non-hydrogen) atoms. The van der Waals surface area contributed by atoms with E-state index in [1.807, 2.05) is 0 Å². The van der Waals surface area contributed by atoms with Gasteiger partial charge >= 0.3 is 13.7 Å². The van der Waals surface area contributed by atoms with E-state index in [1.54, 1.807) is 45.0 Å². The molecule has 258 valence electrons. The van der Waals surface area contributed by atoms with E-state index in [9.17, 15) is 28.8 Å². The number of nitrogens with zero attached hydrogens (tertiary/aromatic N) is 2. The maximum Gasteiger partial charge on any atom is 0.434 e. The molecule has 0 heterocycles. The van der Waals surface area contributed by atoms with E-state index >= 15 is 0 Å². The van der Waals surface area contributed by atoms with Crippen molar-refractivity contribution in [3.05, 3.63) is 34.9 Å². The van der Waals surface area contributed by atoms with Crippen molar-refractivity contribution < 1.29 is 42.6 Å². The summed E-state index contributed by atoms with van der Waals surface area (Å²) < 4.78 is 29.5. The molecule has 1 unspecified atom stereocenters. The fraction of sp³-hybridized carbons (Fsp3) is 0.645. The summed E-state index contributed by atoms with van der Waals surface area (Å²) in [6.07, 6.45) is 3.57. The molecule has 2 atom stereocenters. The Bertz CT molecular complexity index is 1230. The van der Waals surface area contributed by atoms with Gasteiger partial charge in [0.15, 0.2) is 5.85 Å². The summed E-state index contributed by atoms with van der Waals surface area (Å²) in [7, 11) is -2.71. The van der Waals surface area contributed by atoms with Gasteiger partial charge in [-0.1, -0.05) is 55.8 Å². The van der Waals surface area contributed by atoms with Gasteiger partial charge in [-0.15, -0.1) is 0 Å². The molecule has 15 heteroatoms. The summed E-state index contributed by atoms with van der Waals surface area (Å²) in [6, 6.07) is 5.48. The summed E-state index contributed by atoms with van der Waals surface area (Å²) in [5, 5.41) is 17.0. The number of aliphatic imine (C=N–C) groups is 1. The number of carbonyl (C=O) groups is 4. The van der Waals surface area contributed by atoms with E-state index in [4.69, 9.17) is 25.4 Å². The standard InChI is InChI=1S/C31H48ClN4O9P/c1-5-33-27(37)20-36(4)28(38)17-16-25(30(40)46(42,44-6-2)45-7-3)34-29(39)26(19-22-12-9-8-10-13-22)35-31(41)43-21-23-14-11-15-24(32)18-23/h11,14-15,18,22,25,30,40H,5-10,12-13,16-17,19-21H2,1-4H3,(H,33,37)(H,34,39)/t25-,30?/m0/s1. The zero-order valence-electron chi connectivity index (χ0n) is 27.2. The van der Waals surface area contributed by atoms with E-state index in [0.717, 1.165) is 32.1 Å². The van der Waals surface area contributed by atoms with Crippen LogP contribution in [0.5, 0.6) is 0 Å². The predicted molar refractivity (Wildman–Crippen MR) is 175 cm³/mol. The number of aliphatic hydroxyl groups is 1. The van der Waals surface area contributed by atoms with Crippen LogP contribution in [0.4, 0.5) is 4.79 Å². The van der Waals surface area contributed by atoms with Crippen molar-refractivity contribution in [2.45, 2.75) is 90.6 Å². The second-order valence-electron chi connectivity index (χ2n) is 11.1. The van der Waals surface area contributed by atoms with Crippen molar-refractivity contribution in [1.29, 1.82) is 0 Å². The highest BCUT2D eigenvalue weighted by Gasteiger charge is 2.41. The Labute approximate surface area is 276 Å². The number of amides is 4. The average Bonchev–Trinajstić information content (AvgIpc) is 3.02. The van der Waals surface area contributed by atoms with Gasteiger partial charge in [-0.2, -0.15) is 4.99 Å². The van der Waals surface area contributed by atoms with Crippen molar-refractivity contribution >= 4 is 48.7 Å². The average molecular weight is 687 g/mol. The quantitative estimate of drug-likeness (QED) is 0.144. The summed E-state index contributed by atoms with van der Waals surface area (Å²) in [6.45, 7) is 4.94. The normalized spacial score (nSPS) is 15.5. The smallest absolute Gasteiger partial charge is 0.434 e. The SMILES string of the molecule is CCNC(=O)CN(C)C(=O)CC[C@H](NC(=O)C(CC1CCCCC1)=NC(=O)OCc1cccc(Cl)c1)C(O)P(=O)(OCC)OCC. The number of rotatable bonds is 18. The van der Waals surface area contributed by atoms with Crippen LogP contribution in [0.15, 0.2) is 29.3 Å². The maximum atomic E-state index is 13.7. The minimum absolute atomic E-state index is 0.0456. The van der Waals surface area contributed by atoms with Crippen LogP contribution in [-0.2, 0) is 39.3 Å². The number of aliphatic hydroxyl groups excluding tert-OH is 1. The second-order valence-corrected chi connectivity index (χ2v) is 13.6. The minimum atomic E-state index is -4.17. The molecule has 1 aliphatic carbocycles. The molecule has 0 radical (unpaired) electrons. The molecule has 13 nitrogen and oxygen atoms in total. The maximum absolute atomic E-state index is 13.7. The molecule has 1 fully saturated rings. The first kappa shape index (κ1) is 39.3. The van der Waals surface area contributed by atoms with Crippen LogP contribution >= 0.6 is 19.2 Å². The number of hydrogen-bond donors (Lipinski definition) is 3. The molecule has 0 saturated heterocycles. The van der Waals surface area contributed by atoms with Crippen molar-refractivity contribution in [1.82, 2.24) is 15.5 Å². The third-order valence-electron chi connectivity index (χ3n) is 7.41. The molecule has 2 rings (SSSR count). The summed E-state index contributed by atoms with van der Waals surface area (Å²) >= 11 is 6.02. The van der Waals surface area contributed by atoms with Gasteiger partial charge in [-0.25, -0.2) is 4.79 Å². The zero-order valence-corrected chi connectivity index (χ0v) is 28.8. The molecule has 1 aromatic carbocycles. The van der Waals surface area contributed by atoms with Gasteiger partial charge in [-0.3, -0.25) is 18.9 Å². The Morgan fingerprint density at radius 3 is 2.39 bits per heavy atom. The van der Waals surface area contributed by atoms with Crippen molar-refractivity contribution in [3.63, 3.8) is 0 Å². The lowest BCUT2D eigenvalue weighted by Crippen LogP contribution is -2.47. The Hall–Kier alpha value is -2.83. The molecule has 1 saturated carbocycles. The number of hydrogen-bond acceptors (Lipinski definition) is 9. The predicted octanol–water partition coefficient (Wildman–Crippen LogP) is 4.83. The summed E-state index contributed by atoms with van der Waals surface area (Å²) in [4.78, 5) is 56.6. The minimum Gasteiger partial charge on any atom is -0.443 e. The third kappa shape index (κ3) is 13.5. The Balaban J connectivity index is 2.31. The molecule has 0 aromatic heterocycles. The highest BCUT2D eigenvalue weighted by atomic mass is 35.5. The second kappa shape index (κ2) is 20.4. The molecular formula is C31H48ClN4O9P. The van der Waals surface area contributed by atoms with Gasteiger partial charge in [0.25, 0.3) is 5.91 Å². The number of halogens is 1. The number of likely N-dealkylation sites (N-methyl/N-ethyl adjacent to an activating group) is 2. The van der Waals surface area contributed by atoms with Crippen LogP contribution in [0.1, 0.15) is 77.7 Å². The van der Waals surface area contributed by atoms with Crippen LogP contribution in [0.2, 0.25) is 5.02 Å². The van der Waals surface area contributed by atoms with Crippen molar-refractivity contribution in [2.75, 3.05) is 33.4 Å². The van der Waals surface area contributed by atoms with Gasteiger partial charge in [0, 0.05) is 25.0 Å². The summed E-state index contributed by atoms with van der Waals surface area (Å²) in [5.41, 5.74) is 0.532. The highest BCUT2D eigenvalue weighted by molar-refractivity contribution is 7.54. The van der Waals surface area contributed by atoms with E-state index < -0.39 is 37.4 Å². The molecular weight excluding hydrogens is 639 g/mol. The van der Waals surface area contributed by atoms with Gasteiger partial charge in [-0.05, 0) is 57.2 Å². The molecule has 0 bridgehead atoms. The van der Waals surface area contributed by atoms with E-state index in [-0.39, 0.29) is 63.2 Å². The first-order valence-corrected chi connectivity index (χ1v) is 17.8. The van der Waals surface area contributed by atoms with Crippen LogP contribution < -0.4 is 10.6 Å². The van der Waals surface area contributed by atoms with Crippen LogP contribution in [0.3, 0.4) is 0 Å². The fourth-order valence-corrected chi connectivity index (χ4v) is 7.09. The van der Waals surface area contributed by atoms with E-state index in [2.05, 4.69) is 15.6 Å². The van der Waals surface area contributed by atoms with Crippen molar-refractivity contribution in [2.24, 2.45) is 10.9 Å². The molecule has 3 N–H and O–H groups in total. The van der Waals surface area contributed by atoms with Gasteiger partial charge in [0.05, 0.1) is 25.8 Å². The highest BCUT2D eigenvalue weighted by Crippen LogP contribution is 2.53. The first-order chi connectivity index (χ1) is 21.9. The fourth-order valence-electron chi connectivity index (χ4n) is 5.11. The number of nitrogens with one attached hydrogen (secondary N) is 2. The molecule has 1 aromatic rings. The molecule has 0 spiro atoms. The lowest BCUT2D eigenvalue weighted by Gasteiger charge is -2.30. The van der Waals surface area contributed by atoms with Gasteiger partial charge < -0.3 is 34.4 Å². The number of carbonyl (C=O) groups excluding carboxylic acids is 4. The lowest BCUT2D eigenvalue weighted by atomic mass is 9.85. The van der Waals surface area contributed by atoms with Crippen LogP contribution in [-0.4, -0.2) is 84.8 Å². The largest absolute Gasteiger partial charge is 0.443 e. The van der Waals surface area contributed by atoms with E-state index in [1.165, 1.54) is 11.9 Å². The van der Waals surface area contributed by atoms with Crippen molar-refractivity contribution in [3.8, 4) is 0 Å². The molecule has 0 aliphatic heterocycles. The van der Waals surface area contributed by atoms with Gasteiger partial charge in [0.1, 0.15) is 12.3 Å². The number of benzene rings is 1.